The van der Waals surface area contributed by atoms with Gasteiger partial charge in [0.25, 0.3) is 0 Å². The van der Waals surface area contributed by atoms with E-state index in [1.807, 2.05) is 0 Å². The van der Waals surface area contributed by atoms with Crippen LogP contribution in [0.2, 0.25) is 0 Å². The second kappa shape index (κ2) is 5.71. The second-order valence-electron chi connectivity index (χ2n) is 5.74. The van der Waals surface area contributed by atoms with E-state index in [-0.39, 0.29) is 9.62 Å². The van der Waals surface area contributed by atoms with Gasteiger partial charge in [0, 0.05) is 12.0 Å². The summed E-state index contributed by atoms with van der Waals surface area (Å²) in [6, 6.07) is 5.31. The molecular weight excluding hydrogens is 363 g/mol. The van der Waals surface area contributed by atoms with Crippen molar-refractivity contribution in [1.82, 2.24) is 4.98 Å². The van der Waals surface area contributed by atoms with Crippen LogP contribution in [0.25, 0.3) is 0 Å². The smallest absolute Gasteiger partial charge is 0.361 e. The number of halogens is 3. The van der Waals surface area contributed by atoms with Crippen LogP contribution in [0.4, 0.5) is 18.3 Å². The number of hydrogen-bond acceptors (Lipinski definition) is 5. The lowest BCUT2D eigenvalue weighted by Crippen LogP contribution is -2.20. The van der Waals surface area contributed by atoms with Crippen molar-refractivity contribution in [3.63, 3.8) is 0 Å². The van der Waals surface area contributed by atoms with Gasteiger partial charge in [-0.25, -0.2) is 18.5 Å². The lowest BCUT2D eigenvalue weighted by molar-refractivity contribution is -0.137. The standard InChI is InChI=1S/C14H14F3N3O2S2/c15-14(16,17)10-3-1-2-9(6-10)13(4-5-13)8-20-12-19-7-11(23-12)24(18,21)22/h1-3,6-7H,4-5,8H2,(H,19,20)(H2,18,21,22). The van der Waals surface area contributed by atoms with Crippen molar-refractivity contribution in [2.75, 3.05) is 11.9 Å². The Kier molecular flexibility index (Phi) is 4.09. The van der Waals surface area contributed by atoms with E-state index in [1.165, 1.54) is 12.1 Å². The highest BCUT2D eigenvalue weighted by atomic mass is 32.2. The highest BCUT2D eigenvalue weighted by Crippen LogP contribution is 2.49. The number of sulfonamides is 1. The molecule has 2 aromatic rings. The summed E-state index contributed by atoms with van der Waals surface area (Å²) in [5, 5.41) is 8.40. The molecule has 1 aliphatic carbocycles. The van der Waals surface area contributed by atoms with Crippen LogP contribution in [-0.2, 0) is 21.6 Å². The van der Waals surface area contributed by atoms with Crippen molar-refractivity contribution >= 4 is 26.5 Å². The van der Waals surface area contributed by atoms with Gasteiger partial charge >= 0.3 is 6.18 Å². The molecule has 1 fully saturated rings. The fraction of sp³-hybridized carbons (Fsp3) is 0.357. The highest BCUT2D eigenvalue weighted by molar-refractivity contribution is 7.91. The number of nitrogens with zero attached hydrogens (tertiary/aromatic N) is 1. The van der Waals surface area contributed by atoms with Crippen molar-refractivity contribution in [3.05, 3.63) is 41.6 Å². The molecule has 0 bridgehead atoms. The summed E-state index contributed by atoms with van der Waals surface area (Å²) < 4.78 is 60.9. The summed E-state index contributed by atoms with van der Waals surface area (Å²) in [5.74, 6) is 0. The van der Waals surface area contributed by atoms with E-state index in [2.05, 4.69) is 10.3 Å². The van der Waals surface area contributed by atoms with Crippen LogP contribution in [0.5, 0.6) is 0 Å². The van der Waals surface area contributed by atoms with Crippen LogP contribution in [0.15, 0.2) is 34.7 Å². The maximum Gasteiger partial charge on any atom is 0.416 e. The predicted octanol–water partition coefficient (Wildman–Crippen LogP) is 2.95. The zero-order valence-corrected chi connectivity index (χ0v) is 13.9. The number of primary sulfonamides is 1. The van der Waals surface area contributed by atoms with Crippen molar-refractivity contribution in [3.8, 4) is 0 Å². The molecule has 1 saturated carbocycles. The summed E-state index contributed by atoms with van der Waals surface area (Å²) in [4.78, 5) is 3.93. The van der Waals surface area contributed by atoms with Gasteiger partial charge in [0.2, 0.25) is 10.0 Å². The number of nitrogens with two attached hydrogens (primary N) is 1. The minimum atomic E-state index is -4.38. The molecule has 3 N–H and O–H groups in total. The molecule has 24 heavy (non-hydrogen) atoms. The molecule has 3 rings (SSSR count). The Hall–Kier alpha value is -1.65. The molecule has 0 unspecified atom stereocenters. The Morgan fingerprint density at radius 3 is 2.58 bits per heavy atom. The molecule has 10 heteroatoms. The minimum absolute atomic E-state index is 0.0612. The molecule has 1 aromatic heterocycles. The van der Waals surface area contributed by atoms with Crippen molar-refractivity contribution in [2.45, 2.75) is 28.6 Å². The van der Waals surface area contributed by atoms with Gasteiger partial charge in [-0.1, -0.05) is 29.5 Å². The summed E-state index contributed by atoms with van der Waals surface area (Å²) in [6.07, 6.45) is -1.70. The first kappa shape index (κ1) is 17.2. The number of alkyl halides is 3. The van der Waals surface area contributed by atoms with E-state index in [0.29, 0.717) is 17.2 Å². The zero-order chi connectivity index (χ0) is 17.6. The fourth-order valence-corrected chi connectivity index (χ4v) is 3.91. The second-order valence-corrected chi connectivity index (χ2v) is 8.56. The first-order chi connectivity index (χ1) is 11.1. The Morgan fingerprint density at radius 2 is 2.04 bits per heavy atom. The minimum Gasteiger partial charge on any atom is -0.361 e. The quantitative estimate of drug-likeness (QED) is 0.839. The zero-order valence-electron chi connectivity index (χ0n) is 12.3. The van der Waals surface area contributed by atoms with E-state index in [4.69, 9.17) is 5.14 Å². The molecule has 1 aliphatic rings. The number of nitrogens with one attached hydrogen (secondary N) is 1. The number of hydrogen-bond donors (Lipinski definition) is 2. The number of anilines is 1. The lowest BCUT2D eigenvalue weighted by atomic mass is 9.94. The first-order valence-corrected chi connectivity index (χ1v) is 9.37. The number of aromatic nitrogens is 1. The van der Waals surface area contributed by atoms with E-state index in [0.717, 1.165) is 36.4 Å². The van der Waals surface area contributed by atoms with Gasteiger partial charge in [0.15, 0.2) is 9.34 Å². The van der Waals surface area contributed by atoms with Crippen LogP contribution < -0.4 is 10.5 Å². The van der Waals surface area contributed by atoms with Crippen LogP contribution >= 0.6 is 11.3 Å². The summed E-state index contributed by atoms with van der Waals surface area (Å²) in [7, 11) is -3.80. The van der Waals surface area contributed by atoms with Gasteiger partial charge in [-0.15, -0.1) is 0 Å². The third kappa shape index (κ3) is 3.55. The molecule has 5 nitrogen and oxygen atoms in total. The van der Waals surface area contributed by atoms with E-state index in [1.54, 1.807) is 6.07 Å². The number of thiazole rings is 1. The van der Waals surface area contributed by atoms with Crippen LogP contribution in [0.3, 0.4) is 0 Å². The van der Waals surface area contributed by atoms with Gasteiger partial charge in [-0.3, -0.25) is 0 Å². The lowest BCUT2D eigenvalue weighted by Gasteiger charge is -2.18. The number of benzene rings is 1. The Bertz CT molecular complexity index is 858. The molecule has 0 atom stereocenters. The van der Waals surface area contributed by atoms with Crippen LogP contribution in [0.1, 0.15) is 24.0 Å². The largest absolute Gasteiger partial charge is 0.416 e. The Labute approximate surface area is 140 Å². The number of rotatable bonds is 5. The van der Waals surface area contributed by atoms with Crippen molar-refractivity contribution in [1.29, 1.82) is 0 Å². The molecule has 0 amide bonds. The van der Waals surface area contributed by atoms with Gasteiger partial charge in [-0.2, -0.15) is 13.2 Å². The third-order valence-electron chi connectivity index (χ3n) is 4.00. The van der Waals surface area contributed by atoms with Crippen molar-refractivity contribution in [2.24, 2.45) is 5.14 Å². The summed E-state index contributed by atoms with van der Waals surface area (Å²) in [5.41, 5.74) is -0.431. The average molecular weight is 377 g/mol. The van der Waals surface area contributed by atoms with Crippen LogP contribution in [0, 0.1) is 0 Å². The normalized spacial score (nSPS) is 16.8. The topological polar surface area (TPSA) is 85.1 Å². The molecule has 0 radical (unpaired) electrons. The van der Waals surface area contributed by atoms with Gasteiger partial charge in [-0.05, 0) is 24.5 Å². The maximum atomic E-state index is 12.8. The molecule has 0 aliphatic heterocycles. The molecule has 1 heterocycles. The maximum absolute atomic E-state index is 12.8. The first-order valence-electron chi connectivity index (χ1n) is 7.00. The molecule has 1 aromatic carbocycles. The predicted molar refractivity (Wildman–Crippen MR) is 84.3 cm³/mol. The van der Waals surface area contributed by atoms with Gasteiger partial charge in [0.1, 0.15) is 0 Å². The van der Waals surface area contributed by atoms with Gasteiger partial charge in [0.05, 0.1) is 11.8 Å². The molecule has 0 saturated heterocycles. The van der Waals surface area contributed by atoms with E-state index < -0.39 is 21.8 Å². The average Bonchev–Trinajstić information content (AvgIpc) is 3.12. The summed E-state index contributed by atoms with van der Waals surface area (Å²) >= 11 is 0.896. The molecular formula is C14H14F3N3O2S2. The molecule has 0 spiro atoms. The third-order valence-corrected chi connectivity index (χ3v) is 6.36. The van der Waals surface area contributed by atoms with E-state index >= 15 is 0 Å². The monoisotopic (exact) mass is 377 g/mol. The Balaban J connectivity index is 1.75. The van der Waals surface area contributed by atoms with Crippen LogP contribution in [-0.4, -0.2) is 19.9 Å². The van der Waals surface area contributed by atoms with E-state index in [9.17, 15) is 21.6 Å². The van der Waals surface area contributed by atoms with Gasteiger partial charge < -0.3 is 5.32 Å². The van der Waals surface area contributed by atoms with Crippen molar-refractivity contribution < 1.29 is 21.6 Å². The Morgan fingerprint density at radius 1 is 1.33 bits per heavy atom. The molecule has 130 valence electrons. The summed E-state index contributed by atoms with van der Waals surface area (Å²) in [6.45, 7) is 0.381. The highest BCUT2D eigenvalue weighted by Gasteiger charge is 2.45. The SMILES string of the molecule is NS(=O)(=O)c1cnc(NCC2(c3cccc(C(F)(F)F)c3)CC2)s1. The fourth-order valence-electron chi connectivity index (χ4n) is 2.46.